The van der Waals surface area contributed by atoms with E-state index < -0.39 is 6.36 Å². The first-order valence-electron chi connectivity index (χ1n) is 10.7. The lowest BCUT2D eigenvalue weighted by Crippen LogP contribution is -2.38. The second-order valence-corrected chi connectivity index (χ2v) is 8.28. The van der Waals surface area contributed by atoms with Gasteiger partial charge in [-0.05, 0) is 30.3 Å². The Balaban J connectivity index is 1.49. The number of nitrogens with zero attached hydrogens (tertiary/aromatic N) is 4. The fourth-order valence-electron chi connectivity index (χ4n) is 3.99. The SMILES string of the molecule is FC(F)(F)Oc1ccc2c(c1)nc(Nc1ccc3cccc(Cl)c3n1)n2CCN1CCOCC1. The smallest absolute Gasteiger partial charge is 0.406 e. The number of imidazole rings is 1. The molecule has 2 aromatic carbocycles. The van der Waals surface area contributed by atoms with Crippen molar-refractivity contribution in [2.45, 2.75) is 12.9 Å². The third kappa shape index (κ3) is 5.03. The number of aromatic nitrogens is 3. The molecular formula is C23H21ClF3N5O2. The molecule has 0 bridgehead atoms. The van der Waals surface area contributed by atoms with Crippen LogP contribution >= 0.6 is 11.6 Å². The number of para-hydroxylation sites is 1. The predicted octanol–water partition coefficient (Wildman–Crippen LogP) is 5.21. The van der Waals surface area contributed by atoms with Gasteiger partial charge >= 0.3 is 6.36 Å². The first kappa shape index (κ1) is 22.7. The molecule has 1 fully saturated rings. The van der Waals surface area contributed by atoms with E-state index in [-0.39, 0.29) is 5.75 Å². The van der Waals surface area contributed by atoms with Gasteiger partial charge in [0.05, 0.1) is 34.8 Å². The fraction of sp³-hybridized carbons (Fsp3) is 0.304. The van der Waals surface area contributed by atoms with Crippen LogP contribution in [0.2, 0.25) is 5.02 Å². The second-order valence-electron chi connectivity index (χ2n) is 7.87. The number of ether oxygens (including phenoxy) is 2. The number of rotatable bonds is 6. The van der Waals surface area contributed by atoms with Crippen molar-refractivity contribution in [2.75, 3.05) is 38.2 Å². The molecule has 0 aliphatic carbocycles. The van der Waals surface area contributed by atoms with E-state index in [1.165, 1.54) is 12.1 Å². The molecule has 0 atom stereocenters. The highest BCUT2D eigenvalue weighted by Gasteiger charge is 2.31. The standard InChI is InChI=1S/C23H21ClF3N5O2/c24-17-3-1-2-15-4-7-20(29-21(15)17)30-22-28-18-14-16(34-23(25,26)27)5-6-19(18)32(22)9-8-31-10-12-33-13-11-31/h1-7,14H,8-13H2,(H,28,29,30). The van der Waals surface area contributed by atoms with Crippen molar-refractivity contribution >= 4 is 45.3 Å². The number of morpholine rings is 1. The third-order valence-corrected chi connectivity index (χ3v) is 5.91. The summed E-state index contributed by atoms with van der Waals surface area (Å²) in [7, 11) is 0. The molecule has 1 aliphatic rings. The van der Waals surface area contributed by atoms with Gasteiger partial charge < -0.3 is 19.4 Å². The first-order chi connectivity index (χ1) is 16.4. The van der Waals surface area contributed by atoms with Crippen molar-refractivity contribution < 1.29 is 22.6 Å². The average Bonchev–Trinajstić information content (AvgIpc) is 3.14. The third-order valence-electron chi connectivity index (χ3n) is 5.61. The first-order valence-corrected chi connectivity index (χ1v) is 11.1. The molecule has 178 valence electrons. The summed E-state index contributed by atoms with van der Waals surface area (Å²) in [5.74, 6) is 0.668. The molecule has 0 amide bonds. The number of fused-ring (bicyclic) bond motifs is 2. The molecule has 1 N–H and O–H groups in total. The van der Waals surface area contributed by atoms with Crippen LogP contribution in [0, 0.1) is 0 Å². The van der Waals surface area contributed by atoms with Gasteiger partial charge in [-0.15, -0.1) is 13.2 Å². The van der Waals surface area contributed by atoms with Crippen LogP contribution in [0.1, 0.15) is 0 Å². The molecule has 11 heteroatoms. The molecule has 34 heavy (non-hydrogen) atoms. The molecule has 7 nitrogen and oxygen atoms in total. The Labute approximate surface area is 198 Å². The number of nitrogens with one attached hydrogen (secondary N) is 1. The van der Waals surface area contributed by atoms with Gasteiger partial charge in [-0.25, -0.2) is 9.97 Å². The lowest BCUT2D eigenvalue weighted by Gasteiger charge is -2.27. The Morgan fingerprint density at radius 2 is 1.85 bits per heavy atom. The van der Waals surface area contributed by atoms with Crippen molar-refractivity contribution in [3.63, 3.8) is 0 Å². The van der Waals surface area contributed by atoms with Gasteiger partial charge in [0.1, 0.15) is 11.6 Å². The summed E-state index contributed by atoms with van der Waals surface area (Å²) < 4.78 is 49.5. The van der Waals surface area contributed by atoms with Gasteiger partial charge in [-0.1, -0.05) is 23.7 Å². The fourth-order valence-corrected chi connectivity index (χ4v) is 4.21. The minimum Gasteiger partial charge on any atom is -0.406 e. The van der Waals surface area contributed by atoms with Crippen LogP contribution < -0.4 is 10.1 Å². The topological polar surface area (TPSA) is 64.4 Å². The van der Waals surface area contributed by atoms with Crippen molar-refractivity contribution in [1.82, 2.24) is 19.4 Å². The Hall–Kier alpha value is -3.08. The van der Waals surface area contributed by atoms with E-state index in [0.717, 1.165) is 25.0 Å². The van der Waals surface area contributed by atoms with Gasteiger partial charge in [-0.2, -0.15) is 0 Å². The zero-order chi connectivity index (χ0) is 23.7. The van der Waals surface area contributed by atoms with E-state index >= 15 is 0 Å². The lowest BCUT2D eigenvalue weighted by atomic mass is 10.2. The molecule has 0 unspecified atom stereocenters. The van der Waals surface area contributed by atoms with E-state index in [1.54, 1.807) is 12.1 Å². The summed E-state index contributed by atoms with van der Waals surface area (Å²) in [6.07, 6.45) is -4.78. The highest BCUT2D eigenvalue weighted by atomic mass is 35.5. The highest BCUT2D eigenvalue weighted by molar-refractivity contribution is 6.35. The van der Waals surface area contributed by atoms with Crippen molar-refractivity contribution in [2.24, 2.45) is 0 Å². The monoisotopic (exact) mass is 491 g/mol. The van der Waals surface area contributed by atoms with Crippen LogP contribution in [0.15, 0.2) is 48.5 Å². The zero-order valence-electron chi connectivity index (χ0n) is 18.0. The number of alkyl halides is 3. The molecular weight excluding hydrogens is 471 g/mol. The van der Waals surface area contributed by atoms with Crippen LogP contribution in [0.4, 0.5) is 24.9 Å². The summed E-state index contributed by atoms with van der Waals surface area (Å²) in [4.78, 5) is 11.4. The average molecular weight is 492 g/mol. The molecule has 3 heterocycles. The summed E-state index contributed by atoms with van der Waals surface area (Å²) in [5.41, 5.74) is 1.71. The number of anilines is 2. The summed E-state index contributed by atoms with van der Waals surface area (Å²) in [6, 6.07) is 13.4. The van der Waals surface area contributed by atoms with E-state index in [1.807, 2.05) is 28.8 Å². The summed E-state index contributed by atoms with van der Waals surface area (Å²) in [5, 5.41) is 4.63. The lowest BCUT2D eigenvalue weighted by molar-refractivity contribution is -0.274. The van der Waals surface area contributed by atoms with Crippen molar-refractivity contribution in [3.05, 3.63) is 53.6 Å². The molecule has 0 spiro atoms. The maximum absolute atomic E-state index is 12.7. The van der Waals surface area contributed by atoms with Crippen LogP contribution in [0.5, 0.6) is 5.75 Å². The minimum atomic E-state index is -4.78. The van der Waals surface area contributed by atoms with Crippen LogP contribution in [-0.2, 0) is 11.3 Å². The van der Waals surface area contributed by atoms with Crippen LogP contribution in [-0.4, -0.2) is 58.6 Å². The zero-order valence-corrected chi connectivity index (χ0v) is 18.7. The van der Waals surface area contributed by atoms with Gasteiger partial charge in [0, 0.05) is 37.6 Å². The molecule has 1 aliphatic heterocycles. The van der Waals surface area contributed by atoms with Crippen molar-refractivity contribution in [1.29, 1.82) is 0 Å². The Bertz CT molecular complexity index is 1320. The van der Waals surface area contributed by atoms with E-state index in [9.17, 15) is 13.2 Å². The molecule has 1 saturated heterocycles. The Morgan fingerprint density at radius 3 is 2.65 bits per heavy atom. The largest absolute Gasteiger partial charge is 0.573 e. The van der Waals surface area contributed by atoms with Gasteiger partial charge in [-0.3, -0.25) is 4.90 Å². The van der Waals surface area contributed by atoms with E-state index in [4.69, 9.17) is 16.3 Å². The Morgan fingerprint density at radius 1 is 1.03 bits per heavy atom. The molecule has 2 aromatic heterocycles. The number of pyridine rings is 1. The normalized spacial score (nSPS) is 15.2. The van der Waals surface area contributed by atoms with Crippen molar-refractivity contribution in [3.8, 4) is 5.75 Å². The predicted molar refractivity (Wildman–Crippen MR) is 124 cm³/mol. The maximum Gasteiger partial charge on any atom is 0.573 e. The van der Waals surface area contributed by atoms with Gasteiger partial charge in [0.15, 0.2) is 0 Å². The number of halogens is 4. The van der Waals surface area contributed by atoms with Crippen LogP contribution in [0.3, 0.4) is 0 Å². The quantitative estimate of drug-likeness (QED) is 0.399. The van der Waals surface area contributed by atoms with E-state index in [2.05, 4.69) is 24.9 Å². The number of hydrogen-bond acceptors (Lipinski definition) is 6. The number of hydrogen-bond donors (Lipinski definition) is 1. The molecule has 0 radical (unpaired) electrons. The highest BCUT2D eigenvalue weighted by Crippen LogP contribution is 2.30. The summed E-state index contributed by atoms with van der Waals surface area (Å²) >= 11 is 6.30. The second kappa shape index (κ2) is 9.28. The molecule has 4 aromatic rings. The molecule has 0 saturated carbocycles. The van der Waals surface area contributed by atoms with Crippen LogP contribution in [0.25, 0.3) is 21.9 Å². The summed E-state index contributed by atoms with van der Waals surface area (Å²) in [6.45, 7) is 4.31. The van der Waals surface area contributed by atoms with E-state index in [0.29, 0.717) is 53.1 Å². The van der Waals surface area contributed by atoms with Gasteiger partial charge in [0.2, 0.25) is 5.95 Å². The molecule has 5 rings (SSSR count). The minimum absolute atomic E-state index is 0.319. The van der Waals surface area contributed by atoms with Gasteiger partial charge in [0.25, 0.3) is 0 Å². The maximum atomic E-state index is 12.7. The Kier molecular flexibility index (Phi) is 6.20. The number of benzene rings is 2.